The number of carbonyl (C=O) groups excluding carboxylic acids is 1. The van der Waals surface area contributed by atoms with Crippen molar-refractivity contribution in [1.29, 1.82) is 0 Å². The zero-order valence-electron chi connectivity index (χ0n) is 13.2. The van der Waals surface area contributed by atoms with Gasteiger partial charge in [-0.1, -0.05) is 22.0 Å². The highest BCUT2D eigenvalue weighted by Gasteiger charge is 2.35. The number of amides is 1. The molecule has 1 unspecified atom stereocenters. The highest BCUT2D eigenvalue weighted by molar-refractivity contribution is 9.10. The van der Waals surface area contributed by atoms with Gasteiger partial charge in [0.1, 0.15) is 4.90 Å². The van der Waals surface area contributed by atoms with E-state index in [1.54, 1.807) is 11.0 Å². The van der Waals surface area contributed by atoms with Gasteiger partial charge in [0.05, 0.1) is 5.69 Å². The molecule has 0 aliphatic carbocycles. The Kier molecular flexibility index (Phi) is 4.83. The predicted octanol–water partition coefficient (Wildman–Crippen LogP) is 3.29. The number of thiophene rings is 1. The zero-order chi connectivity index (χ0) is 17.5. The van der Waals surface area contributed by atoms with Gasteiger partial charge in [0.15, 0.2) is 0 Å². The summed E-state index contributed by atoms with van der Waals surface area (Å²) in [5.41, 5.74) is 1.36. The van der Waals surface area contributed by atoms with Crippen LogP contribution < -0.4 is 9.62 Å². The van der Waals surface area contributed by atoms with Crippen LogP contribution in [-0.4, -0.2) is 20.4 Å². The molecule has 5 nitrogen and oxygen atoms in total. The summed E-state index contributed by atoms with van der Waals surface area (Å²) in [6.45, 7) is 3.62. The van der Waals surface area contributed by atoms with E-state index in [1.807, 2.05) is 30.5 Å². The maximum Gasteiger partial charge on any atom is 0.243 e. The van der Waals surface area contributed by atoms with Crippen LogP contribution in [0.3, 0.4) is 0 Å². The number of nitrogens with one attached hydrogen (secondary N) is 1. The minimum absolute atomic E-state index is 0.0574. The predicted molar refractivity (Wildman–Crippen MR) is 98.8 cm³/mol. The molecular formula is C16H17BrN2O3S2. The molecule has 0 saturated carbocycles. The fourth-order valence-electron chi connectivity index (χ4n) is 3.02. The molecular weight excluding hydrogens is 412 g/mol. The van der Waals surface area contributed by atoms with Gasteiger partial charge in [-0.05, 0) is 42.5 Å². The smallest absolute Gasteiger partial charge is 0.243 e. The normalized spacial score (nSPS) is 17.1. The Balaban J connectivity index is 2.03. The number of hydrogen-bond acceptors (Lipinski definition) is 4. The lowest BCUT2D eigenvalue weighted by atomic mass is 10.1. The molecule has 0 spiro atoms. The van der Waals surface area contributed by atoms with E-state index in [0.717, 1.165) is 10.4 Å². The van der Waals surface area contributed by atoms with Gasteiger partial charge in [0, 0.05) is 28.9 Å². The largest absolute Gasteiger partial charge is 0.308 e. The second kappa shape index (κ2) is 6.59. The molecule has 8 heteroatoms. The fraction of sp³-hybridized carbons (Fsp3) is 0.312. The molecule has 2 heterocycles. The number of fused-ring (bicyclic) bond motifs is 1. The Labute approximate surface area is 153 Å². The molecule has 0 saturated heterocycles. The molecule has 1 N–H and O–H groups in total. The number of sulfonamides is 1. The summed E-state index contributed by atoms with van der Waals surface area (Å²) >= 11 is 4.87. The van der Waals surface area contributed by atoms with Crippen LogP contribution in [0.5, 0.6) is 0 Å². The highest BCUT2D eigenvalue weighted by atomic mass is 79.9. The van der Waals surface area contributed by atoms with E-state index < -0.39 is 10.0 Å². The second-order valence-electron chi connectivity index (χ2n) is 5.76. The van der Waals surface area contributed by atoms with E-state index in [2.05, 4.69) is 20.7 Å². The molecule has 1 aromatic heterocycles. The summed E-state index contributed by atoms with van der Waals surface area (Å²) in [6, 6.07) is 7.14. The SMILES string of the molecule is CC(=O)N1c2c(cc(Br)cc2S(=O)(=O)NCc2cccs2)CC1C. The summed E-state index contributed by atoms with van der Waals surface area (Å²) < 4.78 is 29.0. The fourth-order valence-corrected chi connectivity index (χ4v) is 5.68. The van der Waals surface area contributed by atoms with Crippen LogP contribution in [0.15, 0.2) is 39.0 Å². The van der Waals surface area contributed by atoms with Crippen molar-refractivity contribution in [3.8, 4) is 0 Å². The van der Waals surface area contributed by atoms with E-state index in [0.29, 0.717) is 16.6 Å². The van der Waals surface area contributed by atoms with Gasteiger partial charge in [-0.3, -0.25) is 4.79 Å². The van der Waals surface area contributed by atoms with Gasteiger partial charge in [0.25, 0.3) is 0 Å². The standard InChI is InChI=1S/C16H17BrN2O3S2/c1-10-6-12-7-13(17)8-15(16(12)19(10)11(2)20)24(21,22)18-9-14-4-3-5-23-14/h3-5,7-8,10,18H,6,9H2,1-2H3. The first kappa shape index (κ1) is 17.6. The number of rotatable bonds is 4. The Morgan fingerprint density at radius 1 is 1.46 bits per heavy atom. The third-order valence-corrected chi connectivity index (χ3v) is 6.71. The minimum Gasteiger partial charge on any atom is -0.308 e. The first-order valence-corrected chi connectivity index (χ1v) is 10.6. The van der Waals surface area contributed by atoms with Crippen molar-refractivity contribution in [3.63, 3.8) is 0 Å². The lowest BCUT2D eigenvalue weighted by Gasteiger charge is -2.23. The third kappa shape index (κ3) is 3.28. The molecule has 0 radical (unpaired) electrons. The summed E-state index contributed by atoms with van der Waals surface area (Å²) in [4.78, 5) is 14.7. The van der Waals surface area contributed by atoms with E-state index in [4.69, 9.17) is 0 Å². The number of benzene rings is 1. The van der Waals surface area contributed by atoms with Crippen LogP contribution in [0, 0.1) is 0 Å². The van der Waals surface area contributed by atoms with Crippen molar-refractivity contribution in [2.24, 2.45) is 0 Å². The highest BCUT2D eigenvalue weighted by Crippen LogP contribution is 2.40. The molecule has 1 atom stereocenters. The first-order chi connectivity index (χ1) is 11.3. The average molecular weight is 429 g/mol. The molecule has 2 aromatic rings. The Hall–Kier alpha value is -1.22. The van der Waals surface area contributed by atoms with Crippen LogP contribution in [0.4, 0.5) is 5.69 Å². The quantitative estimate of drug-likeness (QED) is 0.811. The summed E-state index contributed by atoms with van der Waals surface area (Å²) in [7, 11) is -3.74. The van der Waals surface area contributed by atoms with Gasteiger partial charge in [-0.25, -0.2) is 13.1 Å². The lowest BCUT2D eigenvalue weighted by Crippen LogP contribution is -2.35. The molecule has 0 bridgehead atoms. The number of hydrogen-bond donors (Lipinski definition) is 1. The monoisotopic (exact) mass is 428 g/mol. The average Bonchev–Trinajstić information content (AvgIpc) is 3.10. The zero-order valence-corrected chi connectivity index (χ0v) is 16.5. The summed E-state index contributed by atoms with van der Waals surface area (Å²) in [6.07, 6.45) is 0.641. The number of nitrogens with zero attached hydrogens (tertiary/aromatic N) is 1. The van der Waals surface area contributed by atoms with Gasteiger partial charge in [-0.15, -0.1) is 11.3 Å². The summed E-state index contributed by atoms with van der Waals surface area (Å²) in [5.74, 6) is -0.154. The second-order valence-corrected chi connectivity index (χ2v) is 9.44. The Morgan fingerprint density at radius 3 is 2.83 bits per heavy atom. The van der Waals surface area contributed by atoms with E-state index in [9.17, 15) is 13.2 Å². The van der Waals surface area contributed by atoms with Crippen LogP contribution in [0.1, 0.15) is 24.3 Å². The van der Waals surface area contributed by atoms with Crippen LogP contribution >= 0.6 is 27.3 Å². The van der Waals surface area contributed by atoms with Crippen molar-refractivity contribution in [2.45, 2.75) is 37.8 Å². The van der Waals surface area contributed by atoms with Gasteiger partial charge >= 0.3 is 0 Å². The van der Waals surface area contributed by atoms with Gasteiger partial charge in [-0.2, -0.15) is 0 Å². The minimum atomic E-state index is -3.74. The Morgan fingerprint density at radius 2 is 2.21 bits per heavy atom. The van der Waals surface area contributed by atoms with Crippen molar-refractivity contribution < 1.29 is 13.2 Å². The Bertz CT molecular complexity index is 879. The molecule has 128 valence electrons. The lowest BCUT2D eigenvalue weighted by molar-refractivity contribution is -0.116. The van der Waals surface area contributed by atoms with Crippen molar-refractivity contribution in [1.82, 2.24) is 4.72 Å². The van der Waals surface area contributed by atoms with Crippen LogP contribution in [0.2, 0.25) is 0 Å². The summed E-state index contributed by atoms with van der Waals surface area (Å²) in [5, 5.41) is 1.90. The molecule has 24 heavy (non-hydrogen) atoms. The molecule has 1 aliphatic heterocycles. The van der Waals surface area contributed by atoms with E-state index in [-0.39, 0.29) is 23.4 Å². The van der Waals surface area contributed by atoms with Crippen molar-refractivity contribution in [2.75, 3.05) is 4.90 Å². The molecule has 0 fully saturated rings. The first-order valence-electron chi connectivity index (χ1n) is 7.44. The molecule has 1 amide bonds. The maximum atomic E-state index is 12.8. The number of anilines is 1. The topological polar surface area (TPSA) is 66.5 Å². The number of halogens is 1. The number of carbonyl (C=O) groups is 1. The van der Waals surface area contributed by atoms with Gasteiger partial charge in [0.2, 0.25) is 15.9 Å². The maximum absolute atomic E-state index is 12.8. The van der Waals surface area contributed by atoms with Crippen LogP contribution in [0.25, 0.3) is 0 Å². The molecule has 3 rings (SSSR count). The van der Waals surface area contributed by atoms with E-state index in [1.165, 1.54) is 18.3 Å². The van der Waals surface area contributed by atoms with Crippen molar-refractivity contribution in [3.05, 3.63) is 44.6 Å². The third-order valence-electron chi connectivity index (χ3n) is 3.96. The van der Waals surface area contributed by atoms with E-state index >= 15 is 0 Å². The van der Waals surface area contributed by atoms with Gasteiger partial charge < -0.3 is 4.90 Å². The van der Waals surface area contributed by atoms with Crippen LogP contribution in [-0.2, 0) is 27.8 Å². The molecule has 1 aromatic carbocycles. The van der Waals surface area contributed by atoms with Crippen molar-refractivity contribution >= 4 is 48.9 Å². The molecule has 1 aliphatic rings.